The predicted octanol–water partition coefficient (Wildman–Crippen LogP) is 2.13. The molecule has 0 radical (unpaired) electrons. The zero-order valence-electron chi connectivity index (χ0n) is 7.33. The van der Waals surface area contributed by atoms with Crippen molar-refractivity contribution in [2.45, 2.75) is 19.4 Å². The smallest absolute Gasteiger partial charge is 0.0623 e. The number of nitrogens with zero attached hydrogens (tertiary/aromatic N) is 1. The summed E-state index contributed by atoms with van der Waals surface area (Å²) in [4.78, 5) is 4.17. The highest BCUT2D eigenvalue weighted by Crippen LogP contribution is 2.12. The van der Waals surface area contributed by atoms with Crippen LogP contribution < -0.4 is 5.73 Å². The first-order valence-corrected chi connectivity index (χ1v) is 4.12. The van der Waals surface area contributed by atoms with Crippen LogP contribution in [0.3, 0.4) is 0 Å². The molecule has 0 saturated heterocycles. The number of pyridine rings is 1. The molecule has 0 amide bonds. The number of rotatable bonds is 3. The van der Waals surface area contributed by atoms with Gasteiger partial charge in [-0.25, -0.2) is 0 Å². The fourth-order valence-corrected chi connectivity index (χ4v) is 0.993. The molecule has 1 rings (SSSR count). The van der Waals surface area contributed by atoms with E-state index in [9.17, 15) is 0 Å². The Hall–Kier alpha value is -1.15. The Balaban J connectivity index is 2.84. The Morgan fingerprint density at radius 2 is 2.42 bits per heavy atom. The first kappa shape index (κ1) is 8.94. The van der Waals surface area contributed by atoms with Crippen molar-refractivity contribution in [2.75, 3.05) is 0 Å². The molecule has 0 spiro atoms. The molecule has 0 aliphatic carbocycles. The summed E-state index contributed by atoms with van der Waals surface area (Å²) in [5, 5.41) is 0. The molecule has 0 unspecified atom stereocenters. The number of aromatic nitrogens is 1. The van der Waals surface area contributed by atoms with Crippen LogP contribution in [0.25, 0.3) is 6.08 Å². The van der Waals surface area contributed by atoms with Crippen LogP contribution in [0.2, 0.25) is 0 Å². The monoisotopic (exact) mass is 162 g/mol. The van der Waals surface area contributed by atoms with Crippen molar-refractivity contribution in [2.24, 2.45) is 5.73 Å². The van der Waals surface area contributed by atoms with Gasteiger partial charge in [-0.15, -0.1) is 0 Å². The van der Waals surface area contributed by atoms with Crippen molar-refractivity contribution < 1.29 is 0 Å². The third-order valence-corrected chi connectivity index (χ3v) is 1.89. The molecular formula is C10H14N2. The average molecular weight is 162 g/mol. The molecule has 1 heterocycles. The first-order chi connectivity index (χ1) is 5.77. The highest BCUT2D eigenvalue weighted by atomic mass is 14.7. The molecule has 0 aromatic carbocycles. The third-order valence-electron chi connectivity index (χ3n) is 1.89. The van der Waals surface area contributed by atoms with Crippen LogP contribution in [-0.2, 0) is 0 Å². The van der Waals surface area contributed by atoms with E-state index in [2.05, 4.69) is 18.5 Å². The Bertz CT molecular complexity index is 251. The summed E-state index contributed by atoms with van der Waals surface area (Å²) in [6.45, 7) is 5.69. The van der Waals surface area contributed by atoms with E-state index in [1.807, 2.05) is 18.3 Å². The van der Waals surface area contributed by atoms with Crippen molar-refractivity contribution in [3.63, 3.8) is 0 Å². The first-order valence-electron chi connectivity index (χ1n) is 4.12. The van der Waals surface area contributed by atoms with E-state index in [1.54, 1.807) is 6.08 Å². The molecule has 0 aliphatic heterocycles. The van der Waals surface area contributed by atoms with Crippen LogP contribution in [0.1, 0.15) is 30.6 Å². The maximum Gasteiger partial charge on any atom is 0.0623 e. The highest BCUT2D eigenvalue weighted by Gasteiger charge is 2.01. The molecule has 2 heteroatoms. The van der Waals surface area contributed by atoms with Gasteiger partial charge >= 0.3 is 0 Å². The molecule has 0 saturated carbocycles. The average Bonchev–Trinajstić information content (AvgIpc) is 2.17. The summed E-state index contributed by atoms with van der Waals surface area (Å²) >= 11 is 0. The van der Waals surface area contributed by atoms with Gasteiger partial charge in [0.1, 0.15) is 0 Å². The van der Waals surface area contributed by atoms with Crippen LogP contribution in [0.5, 0.6) is 0 Å². The fourth-order valence-electron chi connectivity index (χ4n) is 0.993. The molecule has 1 aromatic rings. The molecule has 1 atom stereocenters. The third kappa shape index (κ3) is 1.92. The second kappa shape index (κ2) is 4.02. The summed E-state index contributed by atoms with van der Waals surface area (Å²) < 4.78 is 0. The minimum absolute atomic E-state index is 0.108. The van der Waals surface area contributed by atoms with Crippen LogP contribution in [0.15, 0.2) is 24.9 Å². The van der Waals surface area contributed by atoms with E-state index >= 15 is 0 Å². The van der Waals surface area contributed by atoms with Crippen LogP contribution in [-0.4, -0.2) is 4.98 Å². The Morgan fingerprint density at radius 3 is 2.83 bits per heavy atom. The highest BCUT2D eigenvalue weighted by molar-refractivity contribution is 5.41. The van der Waals surface area contributed by atoms with Gasteiger partial charge < -0.3 is 5.73 Å². The molecule has 2 N–H and O–H groups in total. The molecule has 12 heavy (non-hydrogen) atoms. The van der Waals surface area contributed by atoms with E-state index in [1.165, 1.54) is 0 Å². The standard InChI is InChI=1S/C10H14N2/c1-3-9-6-5-8(7-12-9)10(11)4-2/h3,5-7,10H,1,4,11H2,2H3/t10-/m1/s1. The van der Waals surface area contributed by atoms with E-state index in [4.69, 9.17) is 5.73 Å². The van der Waals surface area contributed by atoms with Gasteiger partial charge in [-0.05, 0) is 24.1 Å². The van der Waals surface area contributed by atoms with Crippen molar-refractivity contribution in [3.8, 4) is 0 Å². The largest absolute Gasteiger partial charge is 0.324 e. The van der Waals surface area contributed by atoms with Gasteiger partial charge in [0.15, 0.2) is 0 Å². The van der Waals surface area contributed by atoms with Gasteiger partial charge in [0.25, 0.3) is 0 Å². The minimum atomic E-state index is 0.108. The lowest BCUT2D eigenvalue weighted by Crippen LogP contribution is -2.08. The summed E-state index contributed by atoms with van der Waals surface area (Å²) in [6, 6.07) is 4.03. The second-order valence-corrected chi connectivity index (χ2v) is 2.74. The summed E-state index contributed by atoms with van der Waals surface area (Å²) in [5.41, 5.74) is 7.80. The second-order valence-electron chi connectivity index (χ2n) is 2.74. The lowest BCUT2D eigenvalue weighted by atomic mass is 10.1. The zero-order chi connectivity index (χ0) is 8.97. The van der Waals surface area contributed by atoms with E-state index in [0.29, 0.717) is 0 Å². The Kier molecular flexibility index (Phi) is 3.00. The van der Waals surface area contributed by atoms with Crippen molar-refractivity contribution in [3.05, 3.63) is 36.2 Å². The lowest BCUT2D eigenvalue weighted by molar-refractivity contribution is 0.695. The molecule has 0 aliphatic rings. The molecule has 2 nitrogen and oxygen atoms in total. The van der Waals surface area contributed by atoms with Crippen molar-refractivity contribution >= 4 is 6.08 Å². The zero-order valence-corrected chi connectivity index (χ0v) is 7.33. The molecule has 0 fully saturated rings. The normalized spacial score (nSPS) is 12.5. The van der Waals surface area contributed by atoms with Gasteiger partial charge in [0, 0.05) is 12.2 Å². The molecule has 1 aromatic heterocycles. The van der Waals surface area contributed by atoms with Crippen molar-refractivity contribution in [1.82, 2.24) is 4.98 Å². The fraction of sp³-hybridized carbons (Fsp3) is 0.300. The van der Waals surface area contributed by atoms with Gasteiger partial charge in [-0.1, -0.05) is 19.6 Å². The molecular weight excluding hydrogens is 148 g/mol. The maximum absolute atomic E-state index is 5.82. The minimum Gasteiger partial charge on any atom is -0.324 e. The maximum atomic E-state index is 5.82. The number of hydrogen-bond donors (Lipinski definition) is 1. The van der Waals surface area contributed by atoms with E-state index < -0.39 is 0 Å². The van der Waals surface area contributed by atoms with Gasteiger partial charge in [-0.3, -0.25) is 4.98 Å². The van der Waals surface area contributed by atoms with E-state index in [0.717, 1.165) is 17.7 Å². The van der Waals surface area contributed by atoms with Gasteiger partial charge in [-0.2, -0.15) is 0 Å². The van der Waals surface area contributed by atoms with Crippen LogP contribution in [0.4, 0.5) is 0 Å². The van der Waals surface area contributed by atoms with Gasteiger partial charge in [0.05, 0.1) is 5.69 Å². The Labute approximate surface area is 73.1 Å². The number of hydrogen-bond acceptors (Lipinski definition) is 2. The van der Waals surface area contributed by atoms with Crippen molar-refractivity contribution in [1.29, 1.82) is 0 Å². The predicted molar refractivity (Wildman–Crippen MR) is 51.5 cm³/mol. The lowest BCUT2D eigenvalue weighted by Gasteiger charge is -2.07. The molecule has 64 valence electrons. The quantitative estimate of drug-likeness (QED) is 0.739. The Morgan fingerprint density at radius 1 is 1.67 bits per heavy atom. The van der Waals surface area contributed by atoms with Crippen LogP contribution in [0, 0.1) is 0 Å². The summed E-state index contributed by atoms with van der Waals surface area (Å²) in [7, 11) is 0. The topological polar surface area (TPSA) is 38.9 Å². The molecule has 0 bridgehead atoms. The SMILES string of the molecule is C=Cc1ccc([C@H](N)CC)cn1. The van der Waals surface area contributed by atoms with Crippen LogP contribution >= 0.6 is 0 Å². The van der Waals surface area contributed by atoms with E-state index in [-0.39, 0.29) is 6.04 Å². The summed E-state index contributed by atoms with van der Waals surface area (Å²) in [5.74, 6) is 0. The number of nitrogens with two attached hydrogens (primary N) is 1. The summed E-state index contributed by atoms with van der Waals surface area (Å²) in [6.07, 6.45) is 4.47. The van der Waals surface area contributed by atoms with Gasteiger partial charge in [0.2, 0.25) is 0 Å².